The summed E-state index contributed by atoms with van der Waals surface area (Å²) >= 11 is 5.86. The van der Waals surface area contributed by atoms with Crippen LogP contribution in [0.25, 0.3) is 0 Å². The minimum absolute atomic E-state index is 0.120. The minimum atomic E-state index is -0.226. The molecular weight excluding hydrogens is 290 g/mol. The fourth-order valence-corrected chi connectivity index (χ4v) is 2.25. The fourth-order valence-electron chi connectivity index (χ4n) is 2.13. The van der Waals surface area contributed by atoms with Crippen molar-refractivity contribution in [3.63, 3.8) is 0 Å². The maximum Gasteiger partial charge on any atom is 0.273 e. The van der Waals surface area contributed by atoms with Gasteiger partial charge >= 0.3 is 0 Å². The second-order valence-electron chi connectivity index (χ2n) is 5.14. The summed E-state index contributed by atoms with van der Waals surface area (Å²) in [5.74, 6) is -0.226. The maximum absolute atomic E-state index is 12.2. The van der Waals surface area contributed by atoms with Crippen LogP contribution in [-0.4, -0.2) is 34.0 Å². The molecule has 2 N–H and O–H groups in total. The summed E-state index contributed by atoms with van der Waals surface area (Å²) in [6.45, 7) is 3.65. The van der Waals surface area contributed by atoms with E-state index in [0.29, 0.717) is 16.8 Å². The zero-order valence-electron chi connectivity index (χ0n) is 11.6. The van der Waals surface area contributed by atoms with Crippen molar-refractivity contribution in [2.75, 3.05) is 13.1 Å². The van der Waals surface area contributed by atoms with Crippen molar-refractivity contribution >= 4 is 17.5 Å². The molecule has 0 unspecified atom stereocenters. The van der Waals surface area contributed by atoms with Gasteiger partial charge in [-0.15, -0.1) is 5.10 Å². The molecule has 1 amide bonds. The fraction of sp³-hybridized carbons (Fsp3) is 0.357. The number of aromatic nitrogens is 3. The van der Waals surface area contributed by atoms with Gasteiger partial charge in [0.1, 0.15) is 0 Å². The van der Waals surface area contributed by atoms with Crippen molar-refractivity contribution < 1.29 is 4.79 Å². The molecule has 2 heterocycles. The highest BCUT2D eigenvalue weighted by atomic mass is 35.5. The summed E-state index contributed by atoms with van der Waals surface area (Å²) in [5, 5.41) is 14.7. The van der Waals surface area contributed by atoms with Crippen molar-refractivity contribution in [3.8, 4) is 0 Å². The first-order valence-electron chi connectivity index (χ1n) is 6.82. The molecule has 1 saturated heterocycles. The highest BCUT2D eigenvalue weighted by Gasteiger charge is 2.22. The third kappa shape index (κ3) is 3.06. The van der Waals surface area contributed by atoms with E-state index in [-0.39, 0.29) is 11.9 Å². The minimum Gasteiger partial charge on any atom is -0.344 e. The van der Waals surface area contributed by atoms with Crippen LogP contribution in [0.4, 0.5) is 0 Å². The lowest BCUT2D eigenvalue weighted by atomic mass is 10.1. The number of halogens is 1. The first-order chi connectivity index (χ1) is 10.1. The van der Waals surface area contributed by atoms with Crippen LogP contribution in [0.15, 0.2) is 30.5 Å². The van der Waals surface area contributed by atoms with Gasteiger partial charge in [0.05, 0.1) is 18.3 Å². The molecule has 110 valence electrons. The van der Waals surface area contributed by atoms with Crippen LogP contribution >= 0.6 is 11.6 Å². The van der Waals surface area contributed by atoms with Gasteiger partial charge < -0.3 is 10.6 Å². The molecule has 7 heteroatoms. The number of carbonyl (C=O) groups is 1. The van der Waals surface area contributed by atoms with Crippen LogP contribution in [0.1, 0.15) is 35.1 Å². The van der Waals surface area contributed by atoms with E-state index in [9.17, 15) is 4.79 Å². The predicted octanol–water partition coefficient (Wildman–Crippen LogP) is 1.57. The van der Waals surface area contributed by atoms with Gasteiger partial charge in [-0.3, -0.25) is 4.79 Å². The first-order valence-corrected chi connectivity index (χ1v) is 7.20. The third-order valence-electron chi connectivity index (χ3n) is 3.59. The predicted molar refractivity (Wildman–Crippen MR) is 79.3 cm³/mol. The molecule has 1 aliphatic heterocycles. The molecule has 0 spiro atoms. The van der Waals surface area contributed by atoms with Crippen LogP contribution < -0.4 is 10.6 Å². The van der Waals surface area contributed by atoms with Crippen molar-refractivity contribution in [1.82, 2.24) is 25.6 Å². The number of carbonyl (C=O) groups excluding carboxylic acids is 1. The molecule has 1 aliphatic rings. The highest BCUT2D eigenvalue weighted by Crippen LogP contribution is 2.16. The van der Waals surface area contributed by atoms with Gasteiger partial charge in [-0.25, -0.2) is 4.68 Å². The van der Waals surface area contributed by atoms with Crippen LogP contribution in [0.3, 0.4) is 0 Å². The lowest BCUT2D eigenvalue weighted by Crippen LogP contribution is -2.43. The Morgan fingerprint density at radius 1 is 1.43 bits per heavy atom. The number of benzene rings is 1. The van der Waals surface area contributed by atoms with E-state index >= 15 is 0 Å². The van der Waals surface area contributed by atoms with Crippen LogP contribution in [-0.2, 0) is 0 Å². The quantitative estimate of drug-likeness (QED) is 0.899. The smallest absolute Gasteiger partial charge is 0.273 e. The molecule has 1 atom stereocenters. The Hall–Kier alpha value is -1.92. The maximum atomic E-state index is 12.2. The van der Waals surface area contributed by atoms with Crippen molar-refractivity contribution in [3.05, 3.63) is 46.7 Å². The number of hydrogen-bond acceptors (Lipinski definition) is 4. The number of rotatable bonds is 4. The van der Waals surface area contributed by atoms with Gasteiger partial charge in [0.15, 0.2) is 5.69 Å². The molecule has 2 aromatic rings. The van der Waals surface area contributed by atoms with Gasteiger partial charge in [0.2, 0.25) is 0 Å². The third-order valence-corrected chi connectivity index (χ3v) is 3.85. The first kappa shape index (κ1) is 14.0. The summed E-state index contributed by atoms with van der Waals surface area (Å²) in [7, 11) is 0. The number of nitrogens with zero attached hydrogens (tertiary/aromatic N) is 3. The molecule has 1 aromatic heterocycles. The van der Waals surface area contributed by atoms with Crippen molar-refractivity contribution in [1.29, 1.82) is 0 Å². The summed E-state index contributed by atoms with van der Waals surface area (Å²) in [6, 6.07) is 7.57. The molecule has 0 radical (unpaired) electrons. The second-order valence-corrected chi connectivity index (χ2v) is 5.58. The average Bonchev–Trinajstić information content (AvgIpc) is 2.86. The number of amides is 1. The van der Waals surface area contributed by atoms with E-state index in [4.69, 9.17) is 11.6 Å². The Bertz CT molecular complexity index is 635. The average molecular weight is 306 g/mol. The van der Waals surface area contributed by atoms with Gasteiger partial charge in [-0.1, -0.05) is 28.9 Å². The lowest BCUT2D eigenvalue weighted by molar-refractivity contribution is 0.0934. The standard InChI is InChI=1S/C14H16ClN5O/c1-9(10-2-4-11(15)5-3-10)17-14(21)13-8-20(19-18-13)12-6-16-7-12/h2-5,8-9,12,16H,6-7H2,1H3,(H,17,21)/t9-/m0/s1. The molecule has 1 aromatic carbocycles. The van der Waals surface area contributed by atoms with Gasteiger partial charge in [-0.05, 0) is 24.6 Å². The van der Waals surface area contributed by atoms with Crippen LogP contribution in [0.5, 0.6) is 0 Å². The SMILES string of the molecule is C[C@H](NC(=O)c1cn(C2CNC2)nn1)c1ccc(Cl)cc1. The molecule has 0 bridgehead atoms. The molecule has 6 nitrogen and oxygen atoms in total. The molecule has 1 fully saturated rings. The van der Waals surface area contributed by atoms with E-state index in [2.05, 4.69) is 20.9 Å². The molecular formula is C14H16ClN5O. The molecule has 3 rings (SSSR count). The lowest BCUT2D eigenvalue weighted by Gasteiger charge is -2.26. The number of hydrogen-bond donors (Lipinski definition) is 2. The van der Waals surface area contributed by atoms with Crippen LogP contribution in [0, 0.1) is 0 Å². The van der Waals surface area contributed by atoms with E-state index in [1.54, 1.807) is 23.0 Å². The Labute approximate surface area is 127 Å². The normalized spacial score (nSPS) is 16.3. The van der Waals surface area contributed by atoms with Gasteiger partial charge in [0, 0.05) is 18.1 Å². The Morgan fingerprint density at radius 2 is 2.14 bits per heavy atom. The van der Waals surface area contributed by atoms with Gasteiger partial charge in [-0.2, -0.15) is 0 Å². The summed E-state index contributed by atoms with van der Waals surface area (Å²) in [6.07, 6.45) is 1.69. The monoisotopic (exact) mass is 305 g/mol. The van der Waals surface area contributed by atoms with Gasteiger partial charge in [0.25, 0.3) is 5.91 Å². The Morgan fingerprint density at radius 3 is 2.76 bits per heavy atom. The molecule has 0 saturated carbocycles. The number of nitrogens with one attached hydrogen (secondary N) is 2. The topological polar surface area (TPSA) is 71.8 Å². The highest BCUT2D eigenvalue weighted by molar-refractivity contribution is 6.30. The van der Waals surface area contributed by atoms with E-state index in [1.165, 1.54) is 0 Å². The second kappa shape index (κ2) is 5.83. The molecule has 21 heavy (non-hydrogen) atoms. The van der Waals surface area contributed by atoms with Crippen molar-refractivity contribution in [2.24, 2.45) is 0 Å². The van der Waals surface area contributed by atoms with Crippen molar-refractivity contribution in [2.45, 2.75) is 19.0 Å². The van der Waals surface area contributed by atoms with E-state index in [0.717, 1.165) is 18.7 Å². The largest absolute Gasteiger partial charge is 0.344 e. The van der Waals surface area contributed by atoms with E-state index in [1.807, 2.05) is 19.1 Å². The van der Waals surface area contributed by atoms with E-state index < -0.39 is 0 Å². The zero-order chi connectivity index (χ0) is 14.8. The summed E-state index contributed by atoms with van der Waals surface area (Å²) in [5.41, 5.74) is 1.33. The van der Waals surface area contributed by atoms with Crippen LogP contribution in [0.2, 0.25) is 5.02 Å². The Balaban J connectivity index is 1.65. The molecule has 0 aliphatic carbocycles. The Kier molecular flexibility index (Phi) is 3.90. The summed E-state index contributed by atoms with van der Waals surface area (Å²) in [4.78, 5) is 12.2. The summed E-state index contributed by atoms with van der Waals surface area (Å²) < 4.78 is 1.73. The zero-order valence-corrected chi connectivity index (χ0v) is 12.3.